The Labute approximate surface area is 135 Å². The first-order valence-corrected chi connectivity index (χ1v) is 7.08. The lowest BCUT2D eigenvalue weighted by molar-refractivity contribution is 0.0599. The van der Waals surface area contributed by atoms with Crippen molar-refractivity contribution in [3.05, 3.63) is 34.9 Å². The topological polar surface area (TPSA) is 71.1 Å². The molecule has 1 aromatic carbocycles. The highest BCUT2D eigenvalue weighted by Gasteiger charge is 2.12. The van der Waals surface area contributed by atoms with Crippen LogP contribution >= 0.6 is 0 Å². The van der Waals surface area contributed by atoms with E-state index in [0.717, 1.165) is 0 Å². The number of ether oxygens (including phenoxy) is 4. The number of esters is 2. The molecule has 0 spiro atoms. The number of carbonyl (C=O) groups excluding carboxylic acids is 2. The van der Waals surface area contributed by atoms with E-state index in [1.165, 1.54) is 20.3 Å². The number of hydrogen-bond acceptors (Lipinski definition) is 6. The molecule has 0 aromatic heterocycles. The summed E-state index contributed by atoms with van der Waals surface area (Å²) < 4.78 is 19.7. The lowest BCUT2D eigenvalue weighted by Gasteiger charge is -2.04. The van der Waals surface area contributed by atoms with Gasteiger partial charge in [-0.25, -0.2) is 9.59 Å². The molecular weight excluding hydrogens is 300 g/mol. The van der Waals surface area contributed by atoms with E-state index in [9.17, 15) is 9.59 Å². The van der Waals surface area contributed by atoms with Crippen LogP contribution in [0.3, 0.4) is 0 Å². The zero-order valence-corrected chi connectivity index (χ0v) is 13.5. The summed E-state index contributed by atoms with van der Waals surface area (Å²) in [6, 6.07) is 4.50. The van der Waals surface area contributed by atoms with Gasteiger partial charge in [-0.2, -0.15) is 0 Å². The lowest BCUT2D eigenvalue weighted by Crippen LogP contribution is -2.07. The van der Waals surface area contributed by atoms with Crippen molar-refractivity contribution >= 4 is 11.9 Å². The molecule has 0 saturated heterocycles. The summed E-state index contributed by atoms with van der Waals surface area (Å²) in [7, 11) is 2.54. The highest BCUT2D eigenvalue weighted by molar-refractivity contribution is 5.95. The summed E-state index contributed by atoms with van der Waals surface area (Å²) in [6.07, 6.45) is 0. The summed E-state index contributed by atoms with van der Waals surface area (Å²) in [5, 5.41) is 0. The molecule has 6 nitrogen and oxygen atoms in total. The smallest absolute Gasteiger partial charge is 0.337 e. The molecule has 124 valence electrons. The summed E-state index contributed by atoms with van der Waals surface area (Å²) >= 11 is 0. The zero-order chi connectivity index (χ0) is 17.1. The fraction of sp³-hybridized carbons (Fsp3) is 0.412. The van der Waals surface area contributed by atoms with Gasteiger partial charge in [0.2, 0.25) is 0 Å². The van der Waals surface area contributed by atoms with E-state index in [-0.39, 0.29) is 17.7 Å². The Morgan fingerprint density at radius 1 is 0.957 bits per heavy atom. The standard InChI is InChI=1S/C17H20O6/c1-4-22-8-9-23-7-5-6-13-10-14(16(18)20-2)12-15(11-13)17(19)21-3/h10-12H,4,7-9H2,1-3H3. The van der Waals surface area contributed by atoms with Crippen LogP contribution in [0.15, 0.2) is 18.2 Å². The number of benzene rings is 1. The number of carbonyl (C=O) groups is 2. The monoisotopic (exact) mass is 320 g/mol. The molecule has 0 amide bonds. The normalized spacial score (nSPS) is 9.70. The molecule has 1 aromatic rings. The maximum absolute atomic E-state index is 11.6. The third kappa shape index (κ3) is 6.51. The van der Waals surface area contributed by atoms with Crippen molar-refractivity contribution in [1.29, 1.82) is 0 Å². The van der Waals surface area contributed by atoms with Crippen LogP contribution in [0, 0.1) is 11.8 Å². The molecule has 1 rings (SSSR count). The van der Waals surface area contributed by atoms with Crippen LogP contribution in [-0.2, 0) is 18.9 Å². The molecule has 0 aliphatic rings. The Hall–Kier alpha value is -2.36. The molecule has 0 radical (unpaired) electrons. The van der Waals surface area contributed by atoms with Crippen LogP contribution in [-0.4, -0.2) is 52.6 Å². The summed E-state index contributed by atoms with van der Waals surface area (Å²) in [4.78, 5) is 23.3. The van der Waals surface area contributed by atoms with Gasteiger partial charge in [-0.1, -0.05) is 11.8 Å². The van der Waals surface area contributed by atoms with Crippen LogP contribution in [0.1, 0.15) is 33.2 Å². The molecule has 0 atom stereocenters. The van der Waals surface area contributed by atoms with Gasteiger partial charge < -0.3 is 18.9 Å². The SMILES string of the molecule is CCOCCOCC#Cc1cc(C(=O)OC)cc(C(=O)OC)c1. The summed E-state index contributed by atoms with van der Waals surface area (Å²) in [6.45, 7) is 3.75. The van der Waals surface area contributed by atoms with Gasteiger partial charge in [0.15, 0.2) is 0 Å². The second-order valence-corrected chi connectivity index (χ2v) is 4.33. The molecule has 0 aliphatic heterocycles. The van der Waals surface area contributed by atoms with Gasteiger partial charge in [0, 0.05) is 12.2 Å². The van der Waals surface area contributed by atoms with Crippen molar-refractivity contribution in [2.24, 2.45) is 0 Å². The van der Waals surface area contributed by atoms with E-state index in [2.05, 4.69) is 21.3 Å². The molecule has 0 heterocycles. The Morgan fingerprint density at radius 3 is 2.04 bits per heavy atom. The molecule has 0 aliphatic carbocycles. The Bertz CT molecular complexity index is 563. The number of rotatable bonds is 7. The molecule has 6 heteroatoms. The first-order chi connectivity index (χ1) is 11.1. The van der Waals surface area contributed by atoms with E-state index in [1.54, 1.807) is 12.1 Å². The third-order valence-corrected chi connectivity index (χ3v) is 2.76. The van der Waals surface area contributed by atoms with Gasteiger partial charge >= 0.3 is 11.9 Å². The van der Waals surface area contributed by atoms with Gasteiger partial charge in [0.1, 0.15) is 6.61 Å². The number of methoxy groups -OCH3 is 2. The fourth-order valence-electron chi connectivity index (χ4n) is 1.69. The average molecular weight is 320 g/mol. The first-order valence-electron chi connectivity index (χ1n) is 7.08. The highest BCUT2D eigenvalue weighted by atomic mass is 16.5. The van der Waals surface area contributed by atoms with Crippen molar-refractivity contribution in [1.82, 2.24) is 0 Å². The van der Waals surface area contributed by atoms with Crippen LogP contribution in [0.5, 0.6) is 0 Å². The maximum Gasteiger partial charge on any atom is 0.337 e. The van der Waals surface area contributed by atoms with E-state index in [1.807, 2.05) is 6.92 Å². The van der Waals surface area contributed by atoms with Crippen molar-refractivity contribution in [2.75, 3.05) is 40.6 Å². The Morgan fingerprint density at radius 2 is 1.52 bits per heavy atom. The lowest BCUT2D eigenvalue weighted by atomic mass is 10.1. The van der Waals surface area contributed by atoms with Crippen LogP contribution in [0.25, 0.3) is 0 Å². The van der Waals surface area contributed by atoms with Gasteiger partial charge in [0.05, 0.1) is 38.6 Å². The minimum Gasteiger partial charge on any atom is -0.465 e. The van der Waals surface area contributed by atoms with E-state index in [4.69, 9.17) is 9.47 Å². The second-order valence-electron chi connectivity index (χ2n) is 4.33. The van der Waals surface area contributed by atoms with Gasteiger partial charge in [-0.05, 0) is 25.1 Å². The molecule has 0 fully saturated rings. The summed E-state index contributed by atoms with van der Waals surface area (Å²) in [5.41, 5.74) is 0.968. The van der Waals surface area contributed by atoms with Crippen LogP contribution in [0.2, 0.25) is 0 Å². The average Bonchev–Trinajstić information content (AvgIpc) is 2.59. The van der Waals surface area contributed by atoms with Gasteiger partial charge in [0.25, 0.3) is 0 Å². The quantitative estimate of drug-likeness (QED) is 0.432. The van der Waals surface area contributed by atoms with Gasteiger partial charge in [-0.3, -0.25) is 0 Å². The van der Waals surface area contributed by atoms with Crippen LogP contribution < -0.4 is 0 Å². The predicted octanol–water partition coefficient (Wildman–Crippen LogP) is 1.66. The minimum atomic E-state index is -0.549. The highest BCUT2D eigenvalue weighted by Crippen LogP contribution is 2.12. The molecule has 0 bridgehead atoms. The van der Waals surface area contributed by atoms with E-state index < -0.39 is 11.9 Å². The zero-order valence-electron chi connectivity index (χ0n) is 13.5. The third-order valence-electron chi connectivity index (χ3n) is 2.76. The van der Waals surface area contributed by atoms with Crippen molar-refractivity contribution in [3.8, 4) is 11.8 Å². The van der Waals surface area contributed by atoms with E-state index >= 15 is 0 Å². The van der Waals surface area contributed by atoms with Crippen molar-refractivity contribution < 1.29 is 28.5 Å². The summed E-state index contributed by atoms with van der Waals surface area (Å²) in [5.74, 6) is 4.56. The van der Waals surface area contributed by atoms with Crippen molar-refractivity contribution in [3.63, 3.8) is 0 Å². The first kappa shape index (κ1) is 18.7. The molecule has 0 N–H and O–H groups in total. The fourth-order valence-corrected chi connectivity index (χ4v) is 1.69. The maximum atomic E-state index is 11.6. The Kier molecular flexibility index (Phi) is 8.43. The minimum absolute atomic E-state index is 0.225. The Balaban J connectivity index is 2.81. The molecular formula is C17H20O6. The largest absolute Gasteiger partial charge is 0.465 e. The number of hydrogen-bond donors (Lipinski definition) is 0. The second kappa shape index (κ2) is 10.4. The van der Waals surface area contributed by atoms with Gasteiger partial charge in [-0.15, -0.1) is 0 Å². The predicted molar refractivity (Wildman–Crippen MR) is 83.3 cm³/mol. The molecule has 23 heavy (non-hydrogen) atoms. The van der Waals surface area contributed by atoms with E-state index in [0.29, 0.717) is 25.4 Å². The molecule has 0 saturated carbocycles. The molecule has 0 unspecified atom stereocenters. The van der Waals surface area contributed by atoms with Crippen molar-refractivity contribution in [2.45, 2.75) is 6.92 Å². The van der Waals surface area contributed by atoms with Crippen LogP contribution in [0.4, 0.5) is 0 Å².